The second kappa shape index (κ2) is 11.7. The second-order valence-electron chi connectivity index (χ2n) is 12.3. The number of rotatable bonds is 6. The van der Waals surface area contributed by atoms with Crippen LogP contribution in [0.1, 0.15) is 74.1 Å². The number of nitrogens with one attached hydrogen (secondary N) is 1. The highest BCUT2D eigenvalue weighted by Gasteiger charge is 2.31. The fraction of sp³-hybridized carbons (Fsp3) is 0.441. The summed E-state index contributed by atoms with van der Waals surface area (Å²) in [5, 5.41) is 7.66. The first-order valence-electron chi connectivity index (χ1n) is 14.9. The van der Waals surface area contributed by atoms with Crippen LogP contribution in [-0.2, 0) is 4.74 Å². The van der Waals surface area contributed by atoms with Crippen molar-refractivity contribution in [1.29, 1.82) is 0 Å². The minimum atomic E-state index is -0.313. The van der Waals surface area contributed by atoms with Crippen molar-refractivity contribution in [2.24, 2.45) is 5.41 Å². The number of methoxy groups -OCH3 is 1. The Morgan fingerprint density at radius 2 is 1.76 bits per heavy atom. The molecule has 1 saturated carbocycles. The van der Waals surface area contributed by atoms with Crippen molar-refractivity contribution >= 4 is 17.1 Å². The summed E-state index contributed by atoms with van der Waals surface area (Å²) in [5.41, 5.74) is 7.37. The van der Waals surface area contributed by atoms with Crippen molar-refractivity contribution in [1.82, 2.24) is 20.4 Å². The lowest BCUT2D eigenvalue weighted by Gasteiger charge is -2.41. The number of carbonyl (C=O) groups excluding carboxylic acids is 1. The Bertz CT molecular complexity index is 1460. The van der Waals surface area contributed by atoms with E-state index in [1.165, 1.54) is 43.9 Å². The molecule has 0 unspecified atom stereocenters. The van der Waals surface area contributed by atoms with E-state index in [9.17, 15) is 4.79 Å². The van der Waals surface area contributed by atoms with Crippen LogP contribution in [0.2, 0.25) is 0 Å². The molecular weight excluding hydrogens is 512 g/mol. The van der Waals surface area contributed by atoms with Crippen LogP contribution in [0.15, 0.2) is 59.1 Å². The molecule has 3 aliphatic rings. The highest BCUT2D eigenvalue weighted by molar-refractivity contribution is 5.96. The van der Waals surface area contributed by atoms with Crippen molar-refractivity contribution in [3.05, 3.63) is 71.6 Å². The maximum Gasteiger partial charge on any atom is 0.338 e. The van der Waals surface area contributed by atoms with Gasteiger partial charge in [0.25, 0.3) is 5.89 Å². The summed E-state index contributed by atoms with van der Waals surface area (Å²) in [6, 6.07) is 14.8. The van der Waals surface area contributed by atoms with Gasteiger partial charge in [0.05, 0.1) is 12.7 Å². The number of carbonyl (C=O) groups is 1. The first kappa shape index (κ1) is 27.6. The minimum Gasteiger partial charge on any atom is -0.465 e. The van der Waals surface area contributed by atoms with Gasteiger partial charge in [-0.1, -0.05) is 49.4 Å². The standard InChI is InChI=1S/C34H40N4O3/c1-34(2)16-10-28(11-17-34)38-20-14-25(15-21-38)31-36-32(41-37-31)26-6-4-23(5-7-26)27-8-9-29(33(39)40-3)30(22-27)24-12-18-35-19-13-24/h4-9,12,14,22,28,35H,10-11,13,15-21H2,1-3H3. The second-order valence-corrected chi connectivity index (χ2v) is 12.3. The van der Waals surface area contributed by atoms with E-state index in [0.29, 0.717) is 28.7 Å². The molecular formula is C34H40N4O3. The quantitative estimate of drug-likeness (QED) is 0.344. The Hall–Kier alpha value is -3.55. The molecule has 0 radical (unpaired) electrons. The van der Waals surface area contributed by atoms with E-state index in [0.717, 1.165) is 61.3 Å². The number of nitrogens with zero attached hydrogens (tertiary/aromatic N) is 3. The first-order chi connectivity index (χ1) is 19.9. The Morgan fingerprint density at radius 3 is 2.44 bits per heavy atom. The molecule has 1 aromatic heterocycles. The molecule has 1 fully saturated rings. The van der Waals surface area contributed by atoms with E-state index in [-0.39, 0.29) is 5.97 Å². The van der Waals surface area contributed by atoms with Gasteiger partial charge >= 0.3 is 5.97 Å². The molecule has 7 heteroatoms. The Labute approximate surface area is 242 Å². The van der Waals surface area contributed by atoms with Gasteiger partial charge in [-0.2, -0.15) is 4.98 Å². The van der Waals surface area contributed by atoms with Crippen molar-refractivity contribution in [2.75, 3.05) is 33.3 Å². The van der Waals surface area contributed by atoms with Crippen molar-refractivity contribution in [3.63, 3.8) is 0 Å². The van der Waals surface area contributed by atoms with E-state index in [1.54, 1.807) is 0 Å². The molecule has 41 heavy (non-hydrogen) atoms. The topological polar surface area (TPSA) is 80.5 Å². The van der Waals surface area contributed by atoms with Crippen molar-refractivity contribution in [2.45, 2.75) is 58.4 Å². The molecule has 6 rings (SSSR count). The van der Waals surface area contributed by atoms with Gasteiger partial charge < -0.3 is 14.6 Å². The zero-order chi connectivity index (χ0) is 28.4. The smallest absolute Gasteiger partial charge is 0.338 e. The molecule has 0 atom stereocenters. The summed E-state index contributed by atoms with van der Waals surface area (Å²) in [4.78, 5) is 19.8. The molecule has 7 nitrogen and oxygen atoms in total. The van der Waals surface area contributed by atoms with Gasteiger partial charge in [-0.05, 0) is 103 Å². The predicted octanol–water partition coefficient (Wildman–Crippen LogP) is 6.62. The maximum absolute atomic E-state index is 12.5. The summed E-state index contributed by atoms with van der Waals surface area (Å²) in [6.07, 6.45) is 11.5. The van der Waals surface area contributed by atoms with Gasteiger partial charge in [0.15, 0.2) is 5.82 Å². The van der Waals surface area contributed by atoms with E-state index in [2.05, 4.69) is 59.6 Å². The van der Waals surface area contributed by atoms with E-state index in [1.807, 2.05) is 24.3 Å². The van der Waals surface area contributed by atoms with E-state index in [4.69, 9.17) is 14.2 Å². The SMILES string of the molecule is COC(=O)c1ccc(-c2ccc(-c3nc(C4=CCN(C5CCC(C)(C)CC5)CC4)no3)cc2)cc1C1=CCNCC1. The number of hydrogen-bond acceptors (Lipinski definition) is 7. The summed E-state index contributed by atoms with van der Waals surface area (Å²) in [7, 11) is 1.43. The average molecular weight is 553 g/mol. The molecule has 2 aliphatic heterocycles. The molecule has 214 valence electrons. The van der Waals surface area contributed by atoms with Crippen LogP contribution in [0.3, 0.4) is 0 Å². The van der Waals surface area contributed by atoms with Crippen molar-refractivity contribution < 1.29 is 14.1 Å². The maximum atomic E-state index is 12.5. The molecule has 3 aromatic rings. The van der Waals surface area contributed by atoms with Crippen LogP contribution in [0.5, 0.6) is 0 Å². The van der Waals surface area contributed by atoms with Gasteiger partial charge in [-0.25, -0.2) is 4.79 Å². The van der Waals surface area contributed by atoms with Crippen LogP contribution < -0.4 is 5.32 Å². The zero-order valence-corrected chi connectivity index (χ0v) is 24.4. The highest BCUT2D eigenvalue weighted by Crippen LogP contribution is 2.38. The molecule has 1 aliphatic carbocycles. The number of benzene rings is 2. The molecule has 0 spiro atoms. The summed E-state index contributed by atoms with van der Waals surface area (Å²) in [6.45, 7) is 8.50. The first-order valence-corrected chi connectivity index (χ1v) is 14.9. The summed E-state index contributed by atoms with van der Waals surface area (Å²) < 4.78 is 10.7. The van der Waals surface area contributed by atoms with Crippen LogP contribution in [0.25, 0.3) is 33.7 Å². The lowest BCUT2D eigenvalue weighted by Crippen LogP contribution is -2.41. The summed E-state index contributed by atoms with van der Waals surface area (Å²) >= 11 is 0. The molecule has 0 saturated heterocycles. The molecule has 1 N–H and O–H groups in total. The Kier molecular flexibility index (Phi) is 7.91. The fourth-order valence-electron chi connectivity index (χ4n) is 6.39. The van der Waals surface area contributed by atoms with E-state index < -0.39 is 0 Å². The third-order valence-corrected chi connectivity index (χ3v) is 9.08. The van der Waals surface area contributed by atoms with Crippen LogP contribution in [0.4, 0.5) is 0 Å². The Balaban J connectivity index is 1.16. The zero-order valence-electron chi connectivity index (χ0n) is 24.4. The fourth-order valence-corrected chi connectivity index (χ4v) is 6.39. The predicted molar refractivity (Wildman–Crippen MR) is 162 cm³/mol. The average Bonchev–Trinajstić information content (AvgIpc) is 3.52. The monoisotopic (exact) mass is 552 g/mol. The minimum absolute atomic E-state index is 0.313. The third-order valence-electron chi connectivity index (χ3n) is 9.08. The van der Waals surface area contributed by atoms with Gasteiger partial charge in [0, 0.05) is 31.2 Å². The van der Waals surface area contributed by atoms with Crippen LogP contribution >= 0.6 is 0 Å². The van der Waals surface area contributed by atoms with Crippen LogP contribution in [0, 0.1) is 5.41 Å². The lowest BCUT2D eigenvalue weighted by atomic mass is 9.75. The number of esters is 1. The van der Waals surface area contributed by atoms with E-state index >= 15 is 0 Å². The lowest BCUT2D eigenvalue weighted by molar-refractivity contribution is 0.0600. The van der Waals surface area contributed by atoms with Crippen molar-refractivity contribution in [3.8, 4) is 22.6 Å². The van der Waals surface area contributed by atoms with Crippen LogP contribution in [-0.4, -0.2) is 60.3 Å². The largest absolute Gasteiger partial charge is 0.465 e. The van der Waals surface area contributed by atoms with Gasteiger partial charge in [-0.3, -0.25) is 4.90 Å². The third kappa shape index (κ3) is 6.07. The molecule has 0 amide bonds. The van der Waals surface area contributed by atoms with Gasteiger partial charge in [0.2, 0.25) is 0 Å². The molecule has 2 aromatic carbocycles. The highest BCUT2D eigenvalue weighted by atomic mass is 16.5. The number of ether oxygens (including phenoxy) is 1. The normalized spacial score (nSPS) is 19.9. The summed E-state index contributed by atoms with van der Waals surface area (Å²) in [5.74, 6) is 0.921. The number of aromatic nitrogens is 2. The van der Waals surface area contributed by atoms with Gasteiger partial charge in [-0.15, -0.1) is 0 Å². The number of hydrogen-bond donors (Lipinski definition) is 1. The van der Waals surface area contributed by atoms with Gasteiger partial charge in [0.1, 0.15) is 0 Å². The molecule has 0 bridgehead atoms. The molecule has 3 heterocycles. The Morgan fingerprint density at radius 1 is 1.00 bits per heavy atom.